The number of carbonyl (C=O) groups is 1. The van der Waals surface area contributed by atoms with Gasteiger partial charge in [-0.2, -0.15) is 0 Å². The van der Waals surface area contributed by atoms with Gasteiger partial charge < -0.3 is 10.6 Å². The Morgan fingerprint density at radius 3 is 2.65 bits per heavy atom. The Morgan fingerprint density at radius 2 is 1.90 bits per heavy atom. The Balaban J connectivity index is 1.98. The Kier molecular flexibility index (Phi) is 3.36. The lowest BCUT2D eigenvalue weighted by atomic mass is 10.0. The van der Waals surface area contributed by atoms with E-state index >= 15 is 0 Å². The van der Waals surface area contributed by atoms with E-state index in [1.165, 1.54) is 0 Å². The first-order valence-electron chi connectivity index (χ1n) is 6.61. The Labute approximate surface area is 123 Å². The Bertz CT molecular complexity index is 652. The third kappa shape index (κ3) is 2.25. The van der Waals surface area contributed by atoms with E-state index in [1.807, 2.05) is 18.2 Å². The Hall–Kier alpha value is -2.00. The molecule has 0 aromatic heterocycles. The smallest absolute Gasteiger partial charge is 0.258 e. The lowest BCUT2D eigenvalue weighted by molar-refractivity contribution is 0.0985. The molecule has 0 spiro atoms. The molecule has 0 fully saturated rings. The van der Waals surface area contributed by atoms with Gasteiger partial charge in [-0.05, 0) is 54.8 Å². The second-order valence-corrected chi connectivity index (χ2v) is 5.33. The molecule has 1 amide bonds. The number of anilines is 2. The predicted molar refractivity (Wildman–Crippen MR) is 82.3 cm³/mol. The molecule has 20 heavy (non-hydrogen) atoms. The van der Waals surface area contributed by atoms with E-state index in [-0.39, 0.29) is 5.91 Å². The third-order valence-corrected chi connectivity index (χ3v) is 3.95. The molecule has 0 unspecified atom stereocenters. The fraction of sp³-hybridized carbons (Fsp3) is 0.188. The van der Waals surface area contributed by atoms with Crippen LogP contribution in [0.25, 0.3) is 0 Å². The number of nitrogens with two attached hydrogens (primary N) is 1. The summed E-state index contributed by atoms with van der Waals surface area (Å²) in [6, 6.07) is 12.7. The van der Waals surface area contributed by atoms with Gasteiger partial charge >= 0.3 is 0 Å². The van der Waals surface area contributed by atoms with Crippen LogP contribution in [0.4, 0.5) is 11.4 Å². The summed E-state index contributed by atoms with van der Waals surface area (Å²) < 4.78 is 0. The highest BCUT2D eigenvalue weighted by atomic mass is 35.5. The molecule has 102 valence electrons. The highest BCUT2D eigenvalue weighted by Gasteiger charge is 2.24. The topological polar surface area (TPSA) is 46.3 Å². The molecule has 0 atom stereocenters. The number of fused-ring (bicyclic) bond motifs is 1. The number of benzene rings is 2. The highest BCUT2D eigenvalue weighted by molar-refractivity contribution is 6.32. The van der Waals surface area contributed by atoms with Gasteiger partial charge in [-0.25, -0.2) is 0 Å². The van der Waals surface area contributed by atoms with E-state index in [2.05, 4.69) is 0 Å². The summed E-state index contributed by atoms with van der Waals surface area (Å²) in [5.74, 6) is -0.00628. The lowest BCUT2D eigenvalue weighted by Crippen LogP contribution is -2.35. The van der Waals surface area contributed by atoms with Crippen LogP contribution < -0.4 is 10.6 Å². The number of nitrogens with zero attached hydrogens (tertiary/aromatic N) is 1. The van der Waals surface area contributed by atoms with Crippen LogP contribution in [0.5, 0.6) is 0 Å². The largest absolute Gasteiger partial charge is 0.399 e. The van der Waals surface area contributed by atoms with Crippen LogP contribution in [0.3, 0.4) is 0 Å². The molecule has 2 aromatic carbocycles. The number of hydrogen-bond acceptors (Lipinski definition) is 2. The zero-order valence-electron chi connectivity index (χ0n) is 11.0. The summed E-state index contributed by atoms with van der Waals surface area (Å²) in [6.45, 7) is 0.719. The molecule has 2 aromatic rings. The number of carbonyl (C=O) groups excluding carboxylic acids is 1. The van der Waals surface area contributed by atoms with Crippen LogP contribution in [0.15, 0.2) is 42.5 Å². The van der Waals surface area contributed by atoms with Crippen LogP contribution in [0, 0.1) is 0 Å². The molecule has 1 aliphatic heterocycles. The normalized spacial score (nSPS) is 13.9. The molecule has 3 nitrogen and oxygen atoms in total. The minimum atomic E-state index is -0.00628. The van der Waals surface area contributed by atoms with Crippen LogP contribution >= 0.6 is 11.6 Å². The van der Waals surface area contributed by atoms with E-state index in [4.69, 9.17) is 17.3 Å². The van der Waals surface area contributed by atoms with Crippen LogP contribution in [-0.2, 0) is 6.42 Å². The van der Waals surface area contributed by atoms with Gasteiger partial charge in [-0.1, -0.05) is 17.7 Å². The molecule has 0 aliphatic carbocycles. The van der Waals surface area contributed by atoms with E-state index in [0.29, 0.717) is 11.3 Å². The van der Waals surface area contributed by atoms with E-state index < -0.39 is 0 Å². The summed E-state index contributed by atoms with van der Waals surface area (Å²) >= 11 is 6.22. The monoisotopic (exact) mass is 286 g/mol. The Morgan fingerprint density at radius 1 is 1.15 bits per heavy atom. The molecule has 0 radical (unpaired) electrons. The van der Waals surface area contributed by atoms with Crippen LogP contribution in [-0.4, -0.2) is 12.5 Å². The van der Waals surface area contributed by atoms with Crippen LogP contribution in [0.2, 0.25) is 5.02 Å². The molecule has 1 aliphatic rings. The van der Waals surface area contributed by atoms with Crippen molar-refractivity contribution in [3.63, 3.8) is 0 Å². The molecule has 3 rings (SSSR count). The van der Waals surface area contributed by atoms with Crippen LogP contribution in [0.1, 0.15) is 22.3 Å². The van der Waals surface area contributed by atoms with Crippen molar-refractivity contribution in [1.82, 2.24) is 0 Å². The second-order valence-electron chi connectivity index (χ2n) is 4.92. The summed E-state index contributed by atoms with van der Waals surface area (Å²) in [5.41, 5.74) is 8.94. The zero-order valence-corrected chi connectivity index (χ0v) is 11.7. The molecule has 2 N–H and O–H groups in total. The highest BCUT2D eigenvalue weighted by Crippen LogP contribution is 2.33. The van der Waals surface area contributed by atoms with Gasteiger partial charge in [0.05, 0.1) is 0 Å². The van der Waals surface area contributed by atoms with Crippen molar-refractivity contribution in [2.75, 3.05) is 17.2 Å². The third-order valence-electron chi connectivity index (χ3n) is 3.60. The first-order valence-corrected chi connectivity index (χ1v) is 6.99. The van der Waals surface area contributed by atoms with Gasteiger partial charge in [0.25, 0.3) is 5.91 Å². The van der Waals surface area contributed by atoms with Gasteiger partial charge in [0.15, 0.2) is 0 Å². The quantitative estimate of drug-likeness (QED) is 0.816. The number of rotatable bonds is 1. The molecule has 0 saturated carbocycles. The zero-order chi connectivity index (χ0) is 14.1. The minimum Gasteiger partial charge on any atom is -0.399 e. The van der Waals surface area contributed by atoms with Gasteiger partial charge in [0.1, 0.15) is 0 Å². The van der Waals surface area contributed by atoms with Crippen molar-refractivity contribution in [2.24, 2.45) is 0 Å². The van der Waals surface area contributed by atoms with Gasteiger partial charge in [-0.15, -0.1) is 0 Å². The van der Waals surface area contributed by atoms with Crippen molar-refractivity contribution in [1.29, 1.82) is 0 Å². The average molecular weight is 287 g/mol. The minimum absolute atomic E-state index is 0.00628. The average Bonchev–Trinajstić information content (AvgIpc) is 2.47. The van der Waals surface area contributed by atoms with E-state index in [9.17, 15) is 4.79 Å². The summed E-state index contributed by atoms with van der Waals surface area (Å²) in [5, 5.41) is 0.734. The fourth-order valence-corrected chi connectivity index (χ4v) is 2.84. The van der Waals surface area contributed by atoms with Gasteiger partial charge in [0.2, 0.25) is 0 Å². The van der Waals surface area contributed by atoms with Crippen molar-refractivity contribution in [3.8, 4) is 0 Å². The number of hydrogen-bond donors (Lipinski definition) is 1. The van der Waals surface area contributed by atoms with Crippen molar-refractivity contribution in [2.45, 2.75) is 12.8 Å². The van der Waals surface area contributed by atoms with Gasteiger partial charge in [0, 0.05) is 28.5 Å². The predicted octanol–water partition coefficient (Wildman–Crippen LogP) is 3.52. The van der Waals surface area contributed by atoms with Gasteiger partial charge in [-0.3, -0.25) is 4.79 Å². The van der Waals surface area contributed by atoms with Crippen molar-refractivity contribution < 1.29 is 4.79 Å². The molecule has 4 heteroatoms. The second kappa shape index (κ2) is 5.17. The van der Waals surface area contributed by atoms with E-state index in [1.54, 1.807) is 29.2 Å². The summed E-state index contributed by atoms with van der Waals surface area (Å²) in [6.07, 6.45) is 1.85. The number of nitrogen functional groups attached to an aromatic ring is 1. The summed E-state index contributed by atoms with van der Waals surface area (Å²) in [4.78, 5) is 14.4. The molecular formula is C16H15ClN2O. The fourth-order valence-electron chi connectivity index (χ4n) is 2.57. The maximum Gasteiger partial charge on any atom is 0.258 e. The number of halogens is 1. The maximum atomic E-state index is 12.6. The molecule has 0 bridgehead atoms. The maximum absolute atomic E-state index is 12.6. The molecule has 1 heterocycles. The first-order chi connectivity index (χ1) is 9.66. The standard InChI is InChI=1S/C16H15ClN2O/c17-14-4-1-5-15-13(14)3-2-10-19(15)16(20)11-6-8-12(18)9-7-11/h1,4-9H,2-3,10,18H2. The number of amides is 1. The summed E-state index contributed by atoms with van der Waals surface area (Å²) in [7, 11) is 0. The lowest BCUT2D eigenvalue weighted by Gasteiger charge is -2.30. The molecular weight excluding hydrogens is 272 g/mol. The molecule has 0 saturated heterocycles. The first kappa shape index (κ1) is 13.0. The van der Waals surface area contributed by atoms with Crippen molar-refractivity contribution >= 4 is 28.9 Å². The van der Waals surface area contributed by atoms with E-state index in [0.717, 1.165) is 35.7 Å². The SMILES string of the molecule is Nc1ccc(C(=O)N2CCCc3c(Cl)cccc32)cc1. The van der Waals surface area contributed by atoms with Crippen molar-refractivity contribution in [3.05, 3.63) is 58.6 Å².